The molecule has 0 bridgehead atoms. The van der Waals surface area contributed by atoms with Crippen molar-refractivity contribution in [1.29, 1.82) is 0 Å². The van der Waals surface area contributed by atoms with Gasteiger partial charge < -0.3 is 5.32 Å². The van der Waals surface area contributed by atoms with Gasteiger partial charge in [0.15, 0.2) is 0 Å². The molecule has 2 aliphatic rings. The molecule has 2 heteroatoms. The molecule has 2 unspecified atom stereocenters. The molecular weight excluding hydrogens is 232 g/mol. The third-order valence-electron chi connectivity index (χ3n) is 4.78. The number of nitrogens with one attached hydrogen (secondary N) is 1. The maximum Gasteiger partial charge on any atom is 0.0195 e. The van der Waals surface area contributed by atoms with Crippen molar-refractivity contribution >= 4 is 0 Å². The summed E-state index contributed by atoms with van der Waals surface area (Å²) in [5, 5.41) is 3.63. The minimum atomic E-state index is 0.718. The fraction of sp³-hybridized carbons (Fsp3) is 0.647. The molecule has 1 saturated heterocycles. The summed E-state index contributed by atoms with van der Waals surface area (Å²) in [5.41, 5.74) is 3.17. The summed E-state index contributed by atoms with van der Waals surface area (Å²) >= 11 is 0. The number of likely N-dealkylation sites (tertiary alicyclic amines) is 1. The zero-order valence-corrected chi connectivity index (χ0v) is 12.1. The molecule has 104 valence electrons. The van der Waals surface area contributed by atoms with Crippen molar-refractivity contribution in [2.24, 2.45) is 0 Å². The van der Waals surface area contributed by atoms with E-state index < -0.39 is 0 Å². The van der Waals surface area contributed by atoms with Crippen LogP contribution in [0.5, 0.6) is 0 Å². The zero-order valence-electron chi connectivity index (χ0n) is 12.1. The van der Waals surface area contributed by atoms with E-state index in [1.807, 2.05) is 0 Å². The first-order chi connectivity index (χ1) is 9.36. The number of nitrogens with zero attached hydrogens (tertiary/aromatic N) is 1. The van der Waals surface area contributed by atoms with Crippen LogP contribution in [-0.4, -0.2) is 36.6 Å². The van der Waals surface area contributed by atoms with E-state index in [2.05, 4.69) is 41.4 Å². The first-order valence-corrected chi connectivity index (χ1v) is 7.91. The smallest absolute Gasteiger partial charge is 0.0195 e. The van der Waals surface area contributed by atoms with Gasteiger partial charge in [-0.1, -0.05) is 31.2 Å². The monoisotopic (exact) mass is 258 g/mol. The fourth-order valence-corrected chi connectivity index (χ4v) is 3.78. The Morgan fingerprint density at radius 3 is 2.89 bits per heavy atom. The van der Waals surface area contributed by atoms with E-state index in [-0.39, 0.29) is 0 Å². The SMILES string of the molecule is CCNC1CCCN(C2CCc3ccccc3C2)C1. The second-order valence-electron chi connectivity index (χ2n) is 6.06. The molecule has 0 aromatic heterocycles. The predicted molar refractivity (Wildman–Crippen MR) is 80.5 cm³/mol. The van der Waals surface area contributed by atoms with Crippen molar-refractivity contribution < 1.29 is 0 Å². The van der Waals surface area contributed by atoms with Crippen molar-refractivity contribution in [3.8, 4) is 0 Å². The quantitative estimate of drug-likeness (QED) is 0.896. The summed E-state index contributed by atoms with van der Waals surface area (Å²) in [7, 11) is 0. The lowest BCUT2D eigenvalue weighted by Gasteiger charge is -2.40. The van der Waals surface area contributed by atoms with Gasteiger partial charge in [-0.05, 0) is 56.3 Å². The van der Waals surface area contributed by atoms with Crippen LogP contribution in [0.25, 0.3) is 0 Å². The van der Waals surface area contributed by atoms with Gasteiger partial charge in [0.25, 0.3) is 0 Å². The highest BCUT2D eigenvalue weighted by Crippen LogP contribution is 2.26. The summed E-state index contributed by atoms with van der Waals surface area (Å²) in [5.74, 6) is 0. The average molecular weight is 258 g/mol. The molecule has 1 aliphatic heterocycles. The van der Waals surface area contributed by atoms with Crippen LogP contribution in [0.15, 0.2) is 24.3 Å². The molecule has 0 spiro atoms. The molecule has 1 N–H and O–H groups in total. The molecule has 1 aliphatic carbocycles. The summed E-state index contributed by atoms with van der Waals surface area (Å²) in [6.07, 6.45) is 6.58. The van der Waals surface area contributed by atoms with Crippen LogP contribution in [0.3, 0.4) is 0 Å². The number of likely N-dealkylation sites (N-methyl/N-ethyl adjacent to an activating group) is 1. The Kier molecular flexibility index (Phi) is 4.19. The third-order valence-corrected chi connectivity index (χ3v) is 4.78. The largest absolute Gasteiger partial charge is 0.313 e. The van der Waals surface area contributed by atoms with Crippen LogP contribution in [0, 0.1) is 0 Å². The molecule has 0 radical (unpaired) electrons. The van der Waals surface area contributed by atoms with Crippen LogP contribution in [0.1, 0.15) is 37.3 Å². The second kappa shape index (κ2) is 6.06. The lowest BCUT2D eigenvalue weighted by Crippen LogP contribution is -2.50. The highest BCUT2D eigenvalue weighted by molar-refractivity contribution is 5.30. The van der Waals surface area contributed by atoms with E-state index in [1.54, 1.807) is 11.1 Å². The minimum Gasteiger partial charge on any atom is -0.313 e. The highest BCUT2D eigenvalue weighted by Gasteiger charge is 2.28. The van der Waals surface area contributed by atoms with E-state index in [4.69, 9.17) is 0 Å². The van der Waals surface area contributed by atoms with Crippen LogP contribution in [-0.2, 0) is 12.8 Å². The maximum atomic E-state index is 3.63. The first-order valence-electron chi connectivity index (χ1n) is 7.91. The number of benzene rings is 1. The van der Waals surface area contributed by atoms with Gasteiger partial charge in [0.2, 0.25) is 0 Å². The van der Waals surface area contributed by atoms with Gasteiger partial charge in [0.1, 0.15) is 0 Å². The van der Waals surface area contributed by atoms with Gasteiger partial charge in [-0.3, -0.25) is 4.90 Å². The van der Waals surface area contributed by atoms with Crippen molar-refractivity contribution in [2.45, 2.75) is 51.1 Å². The van der Waals surface area contributed by atoms with Gasteiger partial charge in [-0.25, -0.2) is 0 Å². The molecule has 0 saturated carbocycles. The van der Waals surface area contributed by atoms with E-state index in [1.165, 1.54) is 45.2 Å². The van der Waals surface area contributed by atoms with Crippen LogP contribution in [0.4, 0.5) is 0 Å². The number of aryl methyl sites for hydroxylation is 1. The zero-order chi connectivity index (χ0) is 13.1. The van der Waals surface area contributed by atoms with Crippen LogP contribution in [0.2, 0.25) is 0 Å². The topological polar surface area (TPSA) is 15.3 Å². The number of hydrogen-bond acceptors (Lipinski definition) is 2. The van der Waals surface area contributed by atoms with Gasteiger partial charge >= 0.3 is 0 Å². The Labute approximate surface area is 117 Å². The molecule has 3 rings (SSSR count). The van der Waals surface area contributed by atoms with Crippen LogP contribution < -0.4 is 5.32 Å². The van der Waals surface area contributed by atoms with E-state index in [0.29, 0.717) is 0 Å². The fourth-order valence-electron chi connectivity index (χ4n) is 3.78. The maximum absolute atomic E-state index is 3.63. The Morgan fingerprint density at radius 2 is 2.05 bits per heavy atom. The lowest BCUT2D eigenvalue weighted by molar-refractivity contribution is 0.127. The van der Waals surface area contributed by atoms with Gasteiger partial charge in [-0.2, -0.15) is 0 Å². The molecule has 1 aromatic carbocycles. The van der Waals surface area contributed by atoms with E-state index >= 15 is 0 Å². The van der Waals surface area contributed by atoms with Gasteiger partial charge in [0.05, 0.1) is 0 Å². The third kappa shape index (κ3) is 3.01. The molecule has 2 atom stereocenters. The Hall–Kier alpha value is -0.860. The summed E-state index contributed by atoms with van der Waals surface area (Å²) in [6, 6.07) is 10.5. The average Bonchev–Trinajstić information content (AvgIpc) is 2.47. The molecule has 1 heterocycles. The Balaban J connectivity index is 1.64. The molecule has 1 fully saturated rings. The Morgan fingerprint density at radius 1 is 1.21 bits per heavy atom. The van der Waals surface area contributed by atoms with E-state index in [0.717, 1.165) is 18.6 Å². The summed E-state index contributed by atoms with van der Waals surface area (Å²) < 4.78 is 0. The highest BCUT2D eigenvalue weighted by atomic mass is 15.2. The molecule has 2 nitrogen and oxygen atoms in total. The standard InChI is InChI=1S/C17H26N2/c1-2-18-16-8-5-11-19(13-16)17-10-9-14-6-3-4-7-15(14)12-17/h3-4,6-7,16-18H,2,5,8-13H2,1H3. The second-order valence-corrected chi connectivity index (χ2v) is 6.06. The van der Waals surface area contributed by atoms with E-state index in [9.17, 15) is 0 Å². The number of piperidine rings is 1. The number of fused-ring (bicyclic) bond motifs is 1. The van der Waals surface area contributed by atoms with Crippen molar-refractivity contribution in [3.05, 3.63) is 35.4 Å². The molecule has 0 amide bonds. The van der Waals surface area contributed by atoms with Crippen molar-refractivity contribution in [2.75, 3.05) is 19.6 Å². The van der Waals surface area contributed by atoms with Crippen molar-refractivity contribution in [3.63, 3.8) is 0 Å². The summed E-state index contributed by atoms with van der Waals surface area (Å²) in [4.78, 5) is 2.74. The van der Waals surface area contributed by atoms with Crippen molar-refractivity contribution in [1.82, 2.24) is 10.2 Å². The molecular formula is C17H26N2. The van der Waals surface area contributed by atoms with Gasteiger partial charge in [0, 0.05) is 18.6 Å². The lowest BCUT2D eigenvalue weighted by atomic mass is 9.86. The summed E-state index contributed by atoms with van der Waals surface area (Å²) in [6.45, 7) is 5.87. The normalized spacial score (nSPS) is 28.1. The van der Waals surface area contributed by atoms with Gasteiger partial charge in [-0.15, -0.1) is 0 Å². The number of rotatable bonds is 3. The molecule has 19 heavy (non-hydrogen) atoms. The first kappa shape index (κ1) is 13.1. The molecule has 1 aromatic rings. The predicted octanol–water partition coefficient (Wildman–Crippen LogP) is 2.62. The van der Waals surface area contributed by atoms with Crippen LogP contribution >= 0.6 is 0 Å². The number of hydrogen-bond donors (Lipinski definition) is 1. The minimum absolute atomic E-state index is 0.718. The Bertz CT molecular complexity index is 413.